The van der Waals surface area contributed by atoms with Crippen LogP contribution in [-0.2, 0) is 38.5 Å². The third-order valence-corrected chi connectivity index (χ3v) is 6.11. The molecular weight excluding hydrogens is 324 g/mol. The second-order valence-electron chi connectivity index (χ2n) is 7.59. The van der Waals surface area contributed by atoms with Crippen molar-refractivity contribution in [1.29, 1.82) is 0 Å². The Morgan fingerprint density at radius 1 is 0.407 bits per heavy atom. The second kappa shape index (κ2) is 11.3. The minimum Gasteiger partial charge on any atom is -0.0613 e. The molecule has 0 bridgehead atoms. The van der Waals surface area contributed by atoms with E-state index < -0.39 is 0 Å². The van der Waals surface area contributed by atoms with Crippen molar-refractivity contribution in [3.05, 3.63) is 68.3 Å². The van der Waals surface area contributed by atoms with Crippen LogP contribution in [0.5, 0.6) is 0 Å². The highest BCUT2D eigenvalue weighted by Gasteiger charge is 2.13. The summed E-state index contributed by atoms with van der Waals surface area (Å²) >= 11 is 0. The van der Waals surface area contributed by atoms with Gasteiger partial charge in [-0.2, -0.15) is 0 Å². The van der Waals surface area contributed by atoms with E-state index in [9.17, 15) is 0 Å². The van der Waals surface area contributed by atoms with Crippen LogP contribution in [-0.4, -0.2) is 0 Å². The fourth-order valence-electron chi connectivity index (χ4n) is 4.43. The highest BCUT2D eigenvalue weighted by molar-refractivity contribution is 5.50. The van der Waals surface area contributed by atoms with E-state index >= 15 is 0 Å². The molecule has 0 amide bonds. The molecule has 0 saturated heterocycles. The van der Waals surface area contributed by atoms with Crippen LogP contribution in [0.1, 0.15) is 91.6 Å². The summed E-state index contributed by atoms with van der Waals surface area (Å²) in [5.74, 6) is 0. The molecule has 0 fully saturated rings. The molecule has 0 aliphatic heterocycles. The summed E-state index contributed by atoms with van der Waals surface area (Å²) in [5.41, 5.74) is 13.8. The first kappa shape index (κ1) is 23.5. The predicted molar refractivity (Wildman–Crippen MR) is 123 cm³/mol. The van der Waals surface area contributed by atoms with E-state index in [-0.39, 0.29) is 0 Å². The molecule has 0 aromatic heterocycles. The third kappa shape index (κ3) is 5.71. The largest absolute Gasteiger partial charge is 0.0613 e. The van der Waals surface area contributed by atoms with Crippen molar-refractivity contribution in [1.82, 2.24) is 0 Å². The minimum absolute atomic E-state index is 1.15. The van der Waals surface area contributed by atoms with E-state index in [1.807, 2.05) is 0 Å². The van der Waals surface area contributed by atoms with E-state index in [2.05, 4.69) is 80.5 Å². The number of rotatable bonds is 6. The molecule has 0 aliphatic carbocycles. The molecule has 0 heteroatoms. The lowest BCUT2D eigenvalue weighted by atomic mass is 9.85. The molecule has 0 spiro atoms. The lowest BCUT2D eigenvalue weighted by Crippen LogP contribution is -2.05. The van der Waals surface area contributed by atoms with Crippen molar-refractivity contribution in [3.63, 3.8) is 0 Å². The fourth-order valence-corrected chi connectivity index (χ4v) is 4.43. The van der Waals surface area contributed by atoms with E-state index in [4.69, 9.17) is 0 Å². The topological polar surface area (TPSA) is 0 Å². The smallest absolute Gasteiger partial charge is 0.0302 e. The molecule has 0 aliphatic rings. The van der Waals surface area contributed by atoms with Crippen molar-refractivity contribution in [2.24, 2.45) is 0 Å². The highest BCUT2D eigenvalue weighted by Crippen LogP contribution is 2.28. The number of aryl methyl sites for hydroxylation is 3. The van der Waals surface area contributed by atoms with Crippen LogP contribution >= 0.6 is 0 Å². The van der Waals surface area contributed by atoms with E-state index in [0.717, 1.165) is 38.5 Å². The SMILES string of the molecule is CCc1c(C)c(CC)c(C)c(CC)c1C.CCc1cc(CC)cc(CC)c1. The standard InChI is InChI=1S/C15H24.C12H18/c1-7-13-10(4)14(8-2)12(6)15(9-3)11(13)5;1-4-10-7-11(5-2)9-12(6-3)8-10/h7-9H2,1-6H3;7-9H,4-6H2,1-3H3. The van der Waals surface area contributed by atoms with Gasteiger partial charge in [-0.1, -0.05) is 59.7 Å². The third-order valence-electron chi connectivity index (χ3n) is 6.11. The fraction of sp³-hybridized carbons (Fsp3) is 0.556. The Labute approximate surface area is 169 Å². The van der Waals surface area contributed by atoms with Crippen LogP contribution in [0.25, 0.3) is 0 Å². The molecule has 27 heavy (non-hydrogen) atoms. The summed E-state index contributed by atoms with van der Waals surface area (Å²) in [4.78, 5) is 0. The zero-order valence-corrected chi connectivity index (χ0v) is 19.5. The van der Waals surface area contributed by atoms with Gasteiger partial charge in [0.2, 0.25) is 0 Å². The quantitative estimate of drug-likeness (QED) is 0.492. The summed E-state index contributed by atoms with van der Waals surface area (Å²) in [7, 11) is 0. The Morgan fingerprint density at radius 2 is 0.630 bits per heavy atom. The maximum atomic E-state index is 2.32. The molecular formula is C27H42. The maximum Gasteiger partial charge on any atom is -0.0302 e. The molecule has 2 rings (SSSR count). The molecule has 0 atom stereocenters. The first-order valence-electron chi connectivity index (χ1n) is 11.1. The second-order valence-corrected chi connectivity index (χ2v) is 7.59. The lowest BCUT2D eigenvalue weighted by molar-refractivity contribution is 0.960. The van der Waals surface area contributed by atoms with Crippen molar-refractivity contribution < 1.29 is 0 Å². The maximum absolute atomic E-state index is 2.32. The van der Waals surface area contributed by atoms with Gasteiger partial charge in [-0.3, -0.25) is 0 Å². The van der Waals surface area contributed by atoms with Gasteiger partial charge in [0, 0.05) is 0 Å². The van der Waals surface area contributed by atoms with Gasteiger partial charge in [-0.25, -0.2) is 0 Å². The van der Waals surface area contributed by atoms with Gasteiger partial charge < -0.3 is 0 Å². The number of benzene rings is 2. The van der Waals surface area contributed by atoms with Gasteiger partial charge in [0.1, 0.15) is 0 Å². The summed E-state index contributed by atoms with van der Waals surface area (Å²) in [5, 5.41) is 0. The Balaban J connectivity index is 0.000000277. The average molecular weight is 367 g/mol. The van der Waals surface area contributed by atoms with Crippen LogP contribution in [0, 0.1) is 20.8 Å². The molecule has 2 aromatic carbocycles. The Kier molecular flexibility index (Phi) is 9.84. The first-order chi connectivity index (χ1) is 12.9. The summed E-state index contributed by atoms with van der Waals surface area (Å²) in [6, 6.07) is 6.96. The Bertz CT molecular complexity index is 601. The summed E-state index contributed by atoms with van der Waals surface area (Å²) < 4.78 is 0. The Hall–Kier alpha value is -1.56. The summed E-state index contributed by atoms with van der Waals surface area (Å²) in [6.07, 6.45) is 6.95. The van der Waals surface area contributed by atoms with Gasteiger partial charge in [-0.05, 0) is 109 Å². The lowest BCUT2D eigenvalue weighted by Gasteiger charge is -2.20. The van der Waals surface area contributed by atoms with Crippen LogP contribution in [0.2, 0.25) is 0 Å². The van der Waals surface area contributed by atoms with E-state index in [1.165, 1.54) is 33.4 Å². The zero-order chi connectivity index (χ0) is 20.6. The normalized spacial score (nSPS) is 10.6. The predicted octanol–water partition coefficient (Wildman–Crippen LogP) is 7.67. The van der Waals surface area contributed by atoms with Crippen molar-refractivity contribution in [2.75, 3.05) is 0 Å². The zero-order valence-electron chi connectivity index (χ0n) is 19.5. The van der Waals surface area contributed by atoms with Crippen molar-refractivity contribution in [3.8, 4) is 0 Å². The molecule has 0 N–H and O–H groups in total. The van der Waals surface area contributed by atoms with Crippen LogP contribution in [0.15, 0.2) is 18.2 Å². The molecule has 150 valence electrons. The molecule has 0 radical (unpaired) electrons. The molecule has 2 aromatic rings. The Morgan fingerprint density at radius 3 is 0.778 bits per heavy atom. The monoisotopic (exact) mass is 366 g/mol. The molecule has 0 unspecified atom stereocenters. The van der Waals surface area contributed by atoms with Crippen LogP contribution in [0.3, 0.4) is 0 Å². The van der Waals surface area contributed by atoms with Gasteiger partial charge in [-0.15, -0.1) is 0 Å². The van der Waals surface area contributed by atoms with Crippen molar-refractivity contribution in [2.45, 2.75) is 101 Å². The van der Waals surface area contributed by atoms with Crippen LogP contribution in [0.4, 0.5) is 0 Å². The molecule has 0 heterocycles. The first-order valence-corrected chi connectivity index (χ1v) is 11.1. The van der Waals surface area contributed by atoms with Gasteiger partial charge in [0.15, 0.2) is 0 Å². The number of hydrogen-bond acceptors (Lipinski definition) is 0. The van der Waals surface area contributed by atoms with E-state index in [1.54, 1.807) is 16.7 Å². The van der Waals surface area contributed by atoms with Gasteiger partial charge in [0.25, 0.3) is 0 Å². The minimum atomic E-state index is 1.15. The van der Waals surface area contributed by atoms with Crippen LogP contribution < -0.4 is 0 Å². The number of hydrogen-bond donors (Lipinski definition) is 0. The van der Waals surface area contributed by atoms with Crippen molar-refractivity contribution >= 4 is 0 Å². The molecule has 0 saturated carbocycles. The highest BCUT2D eigenvalue weighted by atomic mass is 14.2. The summed E-state index contributed by atoms with van der Waals surface area (Å²) in [6.45, 7) is 20.3. The molecule has 0 nitrogen and oxygen atoms in total. The van der Waals surface area contributed by atoms with Gasteiger partial charge in [0.05, 0.1) is 0 Å². The average Bonchev–Trinajstić information content (AvgIpc) is 2.69. The van der Waals surface area contributed by atoms with Gasteiger partial charge >= 0.3 is 0 Å². The van der Waals surface area contributed by atoms with E-state index in [0.29, 0.717) is 0 Å².